The van der Waals surface area contributed by atoms with Crippen LogP contribution >= 0.6 is 0 Å². The van der Waals surface area contributed by atoms with Gasteiger partial charge in [-0.3, -0.25) is 9.80 Å². The highest BCUT2D eigenvalue weighted by Crippen LogP contribution is 2.32. The van der Waals surface area contributed by atoms with Gasteiger partial charge in [-0.15, -0.1) is 0 Å². The minimum atomic E-state index is 0.208. The number of aromatic hydroxyl groups is 1. The molecule has 0 saturated carbocycles. The molecule has 1 fully saturated rings. The van der Waals surface area contributed by atoms with Crippen LogP contribution in [0.1, 0.15) is 29.3 Å². The van der Waals surface area contributed by atoms with E-state index in [1.165, 1.54) is 16.7 Å². The van der Waals surface area contributed by atoms with E-state index < -0.39 is 0 Å². The van der Waals surface area contributed by atoms with Gasteiger partial charge < -0.3 is 5.11 Å². The first-order valence-corrected chi connectivity index (χ1v) is 9.64. The Bertz CT molecular complexity index is 784. The lowest BCUT2D eigenvalue weighted by atomic mass is 10.0. The van der Waals surface area contributed by atoms with Crippen molar-refractivity contribution in [3.05, 3.63) is 102 Å². The molecular formula is C24H26N2O. The molecule has 3 heteroatoms. The van der Waals surface area contributed by atoms with Crippen LogP contribution in [0.25, 0.3) is 0 Å². The molecule has 0 bridgehead atoms. The second-order valence-corrected chi connectivity index (χ2v) is 7.23. The minimum absolute atomic E-state index is 0.208. The van der Waals surface area contributed by atoms with Gasteiger partial charge >= 0.3 is 0 Å². The molecule has 1 N–H and O–H groups in total. The maximum Gasteiger partial charge on any atom is 0.115 e. The summed E-state index contributed by atoms with van der Waals surface area (Å²) in [6.07, 6.45) is 1.37. The van der Waals surface area contributed by atoms with Crippen molar-refractivity contribution in [1.82, 2.24) is 9.80 Å². The number of nitrogens with zero attached hydrogens (tertiary/aromatic N) is 2. The monoisotopic (exact) mass is 358 g/mol. The molecule has 1 saturated heterocycles. The van der Waals surface area contributed by atoms with Crippen LogP contribution in [0.15, 0.2) is 84.9 Å². The number of rotatable bonds is 5. The normalized spacial score (nSPS) is 16.4. The van der Waals surface area contributed by atoms with Crippen LogP contribution in [0.4, 0.5) is 0 Å². The number of hydrogen-bond acceptors (Lipinski definition) is 3. The Labute approximate surface area is 161 Å². The quantitative estimate of drug-likeness (QED) is 0.710. The number of benzene rings is 3. The molecule has 0 radical (unpaired) electrons. The molecular weight excluding hydrogens is 332 g/mol. The highest BCUT2D eigenvalue weighted by Gasteiger charge is 2.30. The molecule has 27 heavy (non-hydrogen) atoms. The van der Waals surface area contributed by atoms with E-state index in [-0.39, 0.29) is 6.17 Å². The second-order valence-electron chi connectivity index (χ2n) is 7.23. The van der Waals surface area contributed by atoms with Gasteiger partial charge in [0.1, 0.15) is 5.75 Å². The number of phenolic OH excluding ortho intramolecular Hbond substituents is 1. The van der Waals surface area contributed by atoms with Gasteiger partial charge in [-0.2, -0.15) is 0 Å². The Morgan fingerprint density at radius 2 is 1.15 bits per heavy atom. The molecule has 3 nitrogen and oxygen atoms in total. The zero-order valence-corrected chi connectivity index (χ0v) is 15.5. The van der Waals surface area contributed by atoms with Gasteiger partial charge in [0.05, 0.1) is 6.17 Å². The van der Waals surface area contributed by atoms with Crippen molar-refractivity contribution in [3.63, 3.8) is 0 Å². The smallest absolute Gasteiger partial charge is 0.115 e. The fraction of sp³-hybridized carbons (Fsp3) is 0.250. The summed E-state index contributed by atoms with van der Waals surface area (Å²) in [5, 5.41) is 9.73. The van der Waals surface area contributed by atoms with Crippen LogP contribution in [0.2, 0.25) is 0 Å². The fourth-order valence-electron chi connectivity index (χ4n) is 3.99. The third-order valence-corrected chi connectivity index (χ3v) is 5.23. The lowest BCUT2D eigenvalue weighted by Gasteiger charge is -2.44. The first-order valence-electron chi connectivity index (χ1n) is 9.64. The molecule has 0 spiro atoms. The summed E-state index contributed by atoms with van der Waals surface area (Å²) in [7, 11) is 0. The Morgan fingerprint density at radius 1 is 0.667 bits per heavy atom. The summed E-state index contributed by atoms with van der Waals surface area (Å²) in [5.41, 5.74) is 3.91. The summed E-state index contributed by atoms with van der Waals surface area (Å²) < 4.78 is 0. The third-order valence-electron chi connectivity index (χ3n) is 5.23. The largest absolute Gasteiger partial charge is 0.508 e. The predicted octanol–water partition coefficient (Wildman–Crippen LogP) is 4.80. The molecule has 4 rings (SSSR count). The Hall–Kier alpha value is -2.62. The molecule has 0 unspecified atom stereocenters. The predicted molar refractivity (Wildman–Crippen MR) is 109 cm³/mol. The van der Waals surface area contributed by atoms with Gasteiger partial charge in [-0.1, -0.05) is 72.8 Å². The summed E-state index contributed by atoms with van der Waals surface area (Å²) in [4.78, 5) is 5.10. The number of hydrogen-bond donors (Lipinski definition) is 1. The van der Waals surface area contributed by atoms with E-state index in [2.05, 4.69) is 82.6 Å². The molecule has 3 aromatic carbocycles. The summed E-state index contributed by atoms with van der Waals surface area (Å²) in [6, 6.07) is 29.1. The van der Waals surface area contributed by atoms with E-state index in [4.69, 9.17) is 0 Å². The lowest BCUT2D eigenvalue weighted by Crippen LogP contribution is -2.46. The highest BCUT2D eigenvalue weighted by atomic mass is 16.3. The Kier molecular flexibility index (Phi) is 5.52. The van der Waals surface area contributed by atoms with Gasteiger partial charge in [0.2, 0.25) is 0 Å². The van der Waals surface area contributed by atoms with Crippen molar-refractivity contribution >= 4 is 0 Å². The first kappa shape index (κ1) is 17.8. The van der Waals surface area contributed by atoms with Gasteiger partial charge in [0.15, 0.2) is 0 Å². The minimum Gasteiger partial charge on any atom is -0.508 e. The van der Waals surface area contributed by atoms with E-state index in [9.17, 15) is 5.11 Å². The lowest BCUT2D eigenvalue weighted by molar-refractivity contribution is -0.00910. The number of phenols is 1. The van der Waals surface area contributed by atoms with Crippen LogP contribution in [-0.4, -0.2) is 28.0 Å². The molecule has 0 aromatic heterocycles. The van der Waals surface area contributed by atoms with Crippen molar-refractivity contribution in [2.24, 2.45) is 0 Å². The third kappa shape index (κ3) is 4.38. The molecule has 0 amide bonds. The van der Waals surface area contributed by atoms with E-state index in [0.29, 0.717) is 5.75 Å². The van der Waals surface area contributed by atoms with Crippen LogP contribution < -0.4 is 0 Å². The van der Waals surface area contributed by atoms with Crippen LogP contribution in [-0.2, 0) is 13.1 Å². The maximum atomic E-state index is 9.73. The Balaban J connectivity index is 1.63. The maximum absolute atomic E-state index is 9.73. The topological polar surface area (TPSA) is 26.7 Å². The SMILES string of the molecule is Oc1ccc(C2N(Cc3ccccc3)CCCN2Cc2ccccc2)cc1. The standard InChI is InChI=1S/C24H26N2O/c27-23-14-12-22(13-15-23)24-25(18-20-8-3-1-4-9-20)16-7-17-26(24)19-21-10-5-2-6-11-21/h1-6,8-15,24,27H,7,16-19H2. The van der Waals surface area contributed by atoms with Crippen molar-refractivity contribution in [3.8, 4) is 5.75 Å². The summed E-state index contributed by atoms with van der Waals surface area (Å²) >= 11 is 0. The highest BCUT2D eigenvalue weighted by molar-refractivity contribution is 5.29. The van der Waals surface area contributed by atoms with E-state index in [0.717, 1.165) is 32.6 Å². The fourth-order valence-corrected chi connectivity index (χ4v) is 3.99. The molecule has 0 atom stereocenters. The van der Waals surface area contributed by atoms with Crippen molar-refractivity contribution in [2.45, 2.75) is 25.7 Å². The molecule has 1 aliphatic rings. The zero-order valence-electron chi connectivity index (χ0n) is 15.5. The van der Waals surface area contributed by atoms with Gasteiger partial charge in [-0.05, 0) is 35.2 Å². The van der Waals surface area contributed by atoms with Gasteiger partial charge in [0, 0.05) is 26.2 Å². The van der Waals surface area contributed by atoms with Crippen LogP contribution in [0, 0.1) is 0 Å². The zero-order chi connectivity index (χ0) is 18.5. The average Bonchev–Trinajstić information content (AvgIpc) is 2.71. The molecule has 0 aliphatic carbocycles. The van der Waals surface area contributed by atoms with E-state index in [1.807, 2.05) is 0 Å². The van der Waals surface area contributed by atoms with Crippen molar-refractivity contribution in [1.29, 1.82) is 0 Å². The molecule has 1 aliphatic heterocycles. The second kappa shape index (κ2) is 8.38. The first-order chi connectivity index (χ1) is 13.3. The molecule has 1 heterocycles. The van der Waals surface area contributed by atoms with Gasteiger partial charge in [0.25, 0.3) is 0 Å². The Morgan fingerprint density at radius 3 is 1.63 bits per heavy atom. The average molecular weight is 358 g/mol. The van der Waals surface area contributed by atoms with Gasteiger partial charge in [-0.25, -0.2) is 0 Å². The van der Waals surface area contributed by atoms with E-state index in [1.54, 1.807) is 12.1 Å². The van der Waals surface area contributed by atoms with E-state index >= 15 is 0 Å². The van der Waals surface area contributed by atoms with Crippen molar-refractivity contribution < 1.29 is 5.11 Å². The summed E-state index contributed by atoms with van der Waals surface area (Å²) in [6.45, 7) is 4.01. The molecule has 3 aromatic rings. The summed E-state index contributed by atoms with van der Waals surface area (Å²) in [5.74, 6) is 0.318. The molecule has 138 valence electrons. The van der Waals surface area contributed by atoms with Crippen LogP contribution in [0.3, 0.4) is 0 Å². The van der Waals surface area contributed by atoms with Crippen molar-refractivity contribution in [2.75, 3.05) is 13.1 Å². The van der Waals surface area contributed by atoms with Crippen LogP contribution in [0.5, 0.6) is 5.75 Å².